The van der Waals surface area contributed by atoms with Crippen molar-refractivity contribution >= 4 is 0 Å². The molecule has 0 aromatic carbocycles. The van der Waals surface area contributed by atoms with Gasteiger partial charge in [0, 0.05) is 12.6 Å². The molecule has 3 heteroatoms. The van der Waals surface area contributed by atoms with Crippen LogP contribution in [-0.4, -0.2) is 49.8 Å². The molecule has 2 heterocycles. The molecule has 3 atom stereocenters. The van der Waals surface area contributed by atoms with Gasteiger partial charge in [-0.05, 0) is 58.2 Å². The third kappa shape index (κ3) is 3.94. The molecule has 0 spiro atoms. The average Bonchev–Trinajstić information content (AvgIpc) is 2.82. The summed E-state index contributed by atoms with van der Waals surface area (Å²) in [4.78, 5) is 2.65. The number of nitrogens with one attached hydrogen (secondary N) is 1. The van der Waals surface area contributed by atoms with Gasteiger partial charge in [0.25, 0.3) is 0 Å². The molecule has 0 radical (unpaired) electrons. The van der Waals surface area contributed by atoms with E-state index in [1.165, 1.54) is 45.3 Å². The van der Waals surface area contributed by atoms with E-state index in [0.29, 0.717) is 12.1 Å². The van der Waals surface area contributed by atoms with Gasteiger partial charge < -0.3 is 10.1 Å². The Morgan fingerprint density at radius 2 is 2.29 bits per heavy atom. The van der Waals surface area contributed by atoms with Crippen molar-refractivity contribution in [1.82, 2.24) is 10.2 Å². The fourth-order valence-electron chi connectivity index (χ4n) is 3.11. The molecule has 2 saturated heterocycles. The van der Waals surface area contributed by atoms with Crippen molar-refractivity contribution in [1.29, 1.82) is 0 Å². The van der Waals surface area contributed by atoms with Gasteiger partial charge in [0.1, 0.15) is 0 Å². The van der Waals surface area contributed by atoms with E-state index in [0.717, 1.165) is 19.1 Å². The van der Waals surface area contributed by atoms with Crippen molar-refractivity contribution in [3.63, 3.8) is 0 Å². The summed E-state index contributed by atoms with van der Waals surface area (Å²) < 4.78 is 5.74. The van der Waals surface area contributed by atoms with Crippen molar-refractivity contribution < 1.29 is 4.74 Å². The predicted octanol–water partition coefficient (Wildman–Crippen LogP) is 1.88. The highest BCUT2D eigenvalue weighted by molar-refractivity contribution is 4.78. The summed E-state index contributed by atoms with van der Waals surface area (Å²) >= 11 is 0. The summed E-state index contributed by atoms with van der Waals surface area (Å²) in [6, 6.07) is 0.660. The highest BCUT2D eigenvalue weighted by atomic mass is 16.5. The fraction of sp³-hybridized carbons (Fsp3) is 1.00. The summed E-state index contributed by atoms with van der Waals surface area (Å²) in [6.07, 6.45) is 5.78. The maximum absolute atomic E-state index is 5.74. The molecule has 0 aromatic heterocycles. The van der Waals surface area contributed by atoms with Crippen LogP contribution in [0, 0.1) is 5.92 Å². The van der Waals surface area contributed by atoms with Crippen LogP contribution >= 0.6 is 0 Å². The fourth-order valence-corrected chi connectivity index (χ4v) is 3.11. The number of hydrogen-bond acceptors (Lipinski definition) is 3. The van der Waals surface area contributed by atoms with Gasteiger partial charge in [-0.1, -0.05) is 6.92 Å². The molecular weight excluding hydrogens is 212 g/mol. The van der Waals surface area contributed by atoms with Crippen LogP contribution in [0.5, 0.6) is 0 Å². The van der Waals surface area contributed by atoms with Crippen LogP contribution in [0.1, 0.15) is 39.5 Å². The molecule has 2 rings (SSSR count). The van der Waals surface area contributed by atoms with Gasteiger partial charge >= 0.3 is 0 Å². The Balaban J connectivity index is 1.68. The van der Waals surface area contributed by atoms with E-state index in [-0.39, 0.29) is 0 Å². The Morgan fingerprint density at radius 1 is 1.41 bits per heavy atom. The maximum atomic E-state index is 5.74. The Kier molecular flexibility index (Phi) is 5.26. The van der Waals surface area contributed by atoms with E-state index in [1.807, 2.05) is 0 Å². The first-order chi connectivity index (χ1) is 8.29. The summed E-state index contributed by atoms with van der Waals surface area (Å²) in [5.41, 5.74) is 0. The minimum Gasteiger partial charge on any atom is -0.376 e. The minimum atomic E-state index is 0.422. The second-order valence-corrected chi connectivity index (χ2v) is 5.70. The van der Waals surface area contributed by atoms with Gasteiger partial charge in [-0.15, -0.1) is 0 Å². The zero-order chi connectivity index (χ0) is 12.1. The van der Waals surface area contributed by atoms with Crippen molar-refractivity contribution in [3.05, 3.63) is 0 Å². The molecule has 0 saturated carbocycles. The van der Waals surface area contributed by atoms with Crippen molar-refractivity contribution in [2.45, 2.75) is 51.7 Å². The highest BCUT2D eigenvalue weighted by Crippen LogP contribution is 2.18. The summed E-state index contributed by atoms with van der Waals surface area (Å²) in [5.74, 6) is 0.938. The van der Waals surface area contributed by atoms with Crippen LogP contribution in [0.2, 0.25) is 0 Å². The molecule has 0 bridgehead atoms. The first-order valence-corrected chi connectivity index (χ1v) is 7.36. The lowest BCUT2D eigenvalue weighted by atomic mass is 10.0. The largest absolute Gasteiger partial charge is 0.376 e. The first-order valence-electron chi connectivity index (χ1n) is 7.36. The number of morpholine rings is 1. The van der Waals surface area contributed by atoms with Crippen LogP contribution < -0.4 is 5.32 Å². The monoisotopic (exact) mass is 240 g/mol. The quantitative estimate of drug-likeness (QED) is 0.794. The third-order valence-corrected chi connectivity index (χ3v) is 4.27. The molecule has 3 nitrogen and oxygen atoms in total. The molecule has 2 fully saturated rings. The van der Waals surface area contributed by atoms with E-state index in [1.54, 1.807) is 0 Å². The Bertz CT molecular complexity index is 216. The maximum Gasteiger partial charge on any atom is 0.0674 e. The molecule has 17 heavy (non-hydrogen) atoms. The van der Waals surface area contributed by atoms with Gasteiger partial charge in [-0.3, -0.25) is 4.90 Å². The SMILES string of the molecule is CCC1COC(C)CN1CCCC1CCNC1. The molecule has 2 aliphatic heterocycles. The highest BCUT2D eigenvalue weighted by Gasteiger charge is 2.25. The van der Waals surface area contributed by atoms with Crippen LogP contribution in [0.25, 0.3) is 0 Å². The standard InChI is InChI=1S/C14H28N2O/c1-3-14-11-17-12(2)10-16(14)8-4-5-13-6-7-15-9-13/h12-15H,3-11H2,1-2H3. The second-order valence-electron chi connectivity index (χ2n) is 5.70. The number of hydrogen-bond donors (Lipinski definition) is 1. The lowest BCUT2D eigenvalue weighted by Gasteiger charge is -2.38. The van der Waals surface area contributed by atoms with Crippen molar-refractivity contribution in [3.8, 4) is 0 Å². The van der Waals surface area contributed by atoms with Gasteiger partial charge in [0.05, 0.1) is 12.7 Å². The van der Waals surface area contributed by atoms with Crippen LogP contribution in [0.15, 0.2) is 0 Å². The lowest BCUT2D eigenvalue weighted by Crippen LogP contribution is -2.48. The molecule has 2 aliphatic rings. The first kappa shape index (κ1) is 13.3. The molecule has 0 aromatic rings. The zero-order valence-corrected chi connectivity index (χ0v) is 11.5. The van der Waals surface area contributed by atoms with Crippen molar-refractivity contribution in [2.24, 2.45) is 5.92 Å². The lowest BCUT2D eigenvalue weighted by molar-refractivity contribution is -0.0563. The Hall–Kier alpha value is -0.120. The van der Waals surface area contributed by atoms with Gasteiger partial charge in [0.15, 0.2) is 0 Å². The molecular formula is C14H28N2O. The van der Waals surface area contributed by atoms with E-state index in [2.05, 4.69) is 24.1 Å². The normalized spacial score (nSPS) is 35.3. The molecule has 3 unspecified atom stereocenters. The number of nitrogens with zero attached hydrogens (tertiary/aromatic N) is 1. The van der Waals surface area contributed by atoms with Gasteiger partial charge in [0.2, 0.25) is 0 Å². The average molecular weight is 240 g/mol. The number of ether oxygens (including phenoxy) is 1. The molecule has 0 amide bonds. The molecule has 0 aliphatic carbocycles. The van der Waals surface area contributed by atoms with Crippen LogP contribution in [0.3, 0.4) is 0 Å². The molecule has 1 N–H and O–H groups in total. The summed E-state index contributed by atoms with van der Waals surface area (Å²) in [5, 5.41) is 3.45. The van der Waals surface area contributed by atoms with Crippen LogP contribution in [0.4, 0.5) is 0 Å². The molecule has 100 valence electrons. The summed E-state index contributed by atoms with van der Waals surface area (Å²) in [7, 11) is 0. The smallest absolute Gasteiger partial charge is 0.0674 e. The van der Waals surface area contributed by atoms with E-state index in [4.69, 9.17) is 4.74 Å². The van der Waals surface area contributed by atoms with Gasteiger partial charge in [-0.2, -0.15) is 0 Å². The predicted molar refractivity (Wildman–Crippen MR) is 71.3 cm³/mol. The van der Waals surface area contributed by atoms with Gasteiger partial charge in [-0.25, -0.2) is 0 Å². The van der Waals surface area contributed by atoms with E-state index in [9.17, 15) is 0 Å². The Labute approximate surface area is 106 Å². The number of rotatable bonds is 5. The zero-order valence-electron chi connectivity index (χ0n) is 11.5. The topological polar surface area (TPSA) is 24.5 Å². The van der Waals surface area contributed by atoms with Crippen LogP contribution in [-0.2, 0) is 4.74 Å². The van der Waals surface area contributed by atoms with E-state index < -0.39 is 0 Å². The minimum absolute atomic E-state index is 0.422. The summed E-state index contributed by atoms with van der Waals surface area (Å²) in [6.45, 7) is 10.3. The Morgan fingerprint density at radius 3 is 3.00 bits per heavy atom. The van der Waals surface area contributed by atoms with E-state index >= 15 is 0 Å². The van der Waals surface area contributed by atoms with Crippen molar-refractivity contribution in [2.75, 3.05) is 32.8 Å². The third-order valence-electron chi connectivity index (χ3n) is 4.27. The second kappa shape index (κ2) is 6.72.